The lowest BCUT2D eigenvalue weighted by Crippen LogP contribution is -2.50. The number of hydrogen-bond donors (Lipinski definition) is 1. The van der Waals surface area contributed by atoms with E-state index in [1.165, 1.54) is 11.3 Å². The number of sulfonamides is 1. The second-order valence-electron chi connectivity index (χ2n) is 13.7. The predicted molar refractivity (Wildman–Crippen MR) is 205 cm³/mol. The van der Waals surface area contributed by atoms with Gasteiger partial charge < -0.3 is 24.3 Å². The molecule has 17 heteroatoms. The molecule has 0 atom stereocenters. The molecule has 8 heterocycles. The molecule has 54 heavy (non-hydrogen) atoms. The summed E-state index contributed by atoms with van der Waals surface area (Å²) in [5.74, 6) is -1.38. The van der Waals surface area contributed by atoms with Gasteiger partial charge in [-0.25, -0.2) is 28.4 Å². The van der Waals surface area contributed by atoms with E-state index in [4.69, 9.17) is 4.98 Å². The zero-order valence-electron chi connectivity index (χ0n) is 31.1. The van der Waals surface area contributed by atoms with Crippen molar-refractivity contribution in [3.05, 3.63) is 84.2 Å². The van der Waals surface area contributed by atoms with Crippen molar-refractivity contribution in [1.82, 2.24) is 48.7 Å². The SMILES string of the molecule is CCc1cc(C2CN(S(=O)(=O)C(F)F)C2)ncc1N(C)c1cc2c(cn1)ncn2C.CCc1cc(C2CNC2)ncc1N(C)c1cc2c(cn1)ncn2C. The van der Waals surface area contributed by atoms with Gasteiger partial charge in [0.25, 0.3) is 10.0 Å². The van der Waals surface area contributed by atoms with Crippen LogP contribution in [-0.4, -0.2) is 97.8 Å². The Morgan fingerprint density at radius 1 is 0.722 bits per heavy atom. The first-order valence-corrected chi connectivity index (χ1v) is 19.4. The number of alkyl halides is 2. The molecule has 1 N–H and O–H groups in total. The lowest BCUT2D eigenvalue weighted by atomic mass is 9.96. The summed E-state index contributed by atoms with van der Waals surface area (Å²) in [5, 5.41) is 3.31. The van der Waals surface area contributed by atoms with Gasteiger partial charge in [-0.15, -0.1) is 0 Å². The van der Waals surface area contributed by atoms with Crippen molar-refractivity contribution < 1.29 is 17.2 Å². The highest BCUT2D eigenvalue weighted by atomic mass is 32.2. The van der Waals surface area contributed by atoms with Crippen LogP contribution in [0.15, 0.2) is 61.7 Å². The van der Waals surface area contributed by atoms with Crippen molar-refractivity contribution in [2.75, 3.05) is 50.1 Å². The number of imidazole rings is 2. The number of anilines is 4. The van der Waals surface area contributed by atoms with E-state index in [1.807, 2.05) is 80.0 Å². The minimum absolute atomic E-state index is 0.0245. The Balaban J connectivity index is 0.000000171. The molecule has 2 fully saturated rings. The molecule has 14 nitrogen and oxygen atoms in total. The number of fused-ring (bicyclic) bond motifs is 2. The Bertz CT molecular complexity index is 2410. The average molecular weight is 759 g/mol. The van der Waals surface area contributed by atoms with Gasteiger partial charge in [0.2, 0.25) is 0 Å². The first kappa shape index (κ1) is 37.2. The number of halogens is 2. The van der Waals surface area contributed by atoms with Gasteiger partial charge in [-0.05, 0) is 36.1 Å². The zero-order chi connectivity index (χ0) is 38.3. The van der Waals surface area contributed by atoms with E-state index in [2.05, 4.69) is 54.2 Å². The van der Waals surface area contributed by atoms with Crippen molar-refractivity contribution in [3.63, 3.8) is 0 Å². The van der Waals surface area contributed by atoms with Gasteiger partial charge in [-0.3, -0.25) is 9.97 Å². The van der Waals surface area contributed by atoms with Gasteiger partial charge in [0.05, 0.1) is 59.9 Å². The molecule has 0 spiro atoms. The topological polar surface area (TPSA) is 143 Å². The highest BCUT2D eigenvalue weighted by Gasteiger charge is 2.42. The van der Waals surface area contributed by atoms with Gasteiger partial charge in [0.1, 0.15) is 22.7 Å². The van der Waals surface area contributed by atoms with Crippen LogP contribution in [0.2, 0.25) is 0 Å². The summed E-state index contributed by atoms with van der Waals surface area (Å²) in [7, 11) is 3.35. The van der Waals surface area contributed by atoms with Crippen LogP contribution in [0.25, 0.3) is 22.1 Å². The fourth-order valence-electron chi connectivity index (χ4n) is 6.73. The number of nitrogens with one attached hydrogen (secondary N) is 1. The fraction of sp³-hybridized carbons (Fsp3) is 0.405. The second-order valence-corrected chi connectivity index (χ2v) is 15.7. The smallest absolute Gasteiger partial charge is 0.334 e. The summed E-state index contributed by atoms with van der Waals surface area (Å²) in [4.78, 5) is 30.9. The van der Waals surface area contributed by atoms with Crippen LogP contribution in [0.5, 0.6) is 0 Å². The Kier molecular flexibility index (Phi) is 10.3. The van der Waals surface area contributed by atoms with Gasteiger partial charge in [-0.2, -0.15) is 13.1 Å². The number of aromatic nitrogens is 8. The third-order valence-electron chi connectivity index (χ3n) is 10.4. The third kappa shape index (κ3) is 6.98. The second kappa shape index (κ2) is 14.9. The molecule has 0 bridgehead atoms. The number of hydrogen-bond acceptors (Lipinski definition) is 11. The quantitative estimate of drug-likeness (QED) is 0.201. The van der Waals surface area contributed by atoms with Gasteiger partial charge in [0.15, 0.2) is 0 Å². The molecule has 0 saturated carbocycles. The summed E-state index contributed by atoms with van der Waals surface area (Å²) in [5.41, 5.74) is 9.99. The normalized spacial score (nSPS) is 15.3. The van der Waals surface area contributed by atoms with E-state index < -0.39 is 15.8 Å². The lowest BCUT2D eigenvalue weighted by Gasteiger charge is -2.37. The molecule has 2 aliphatic rings. The van der Waals surface area contributed by atoms with Crippen LogP contribution in [-0.2, 0) is 37.0 Å². The van der Waals surface area contributed by atoms with Crippen LogP contribution in [0, 0.1) is 0 Å². The summed E-state index contributed by atoms with van der Waals surface area (Å²) in [6, 6.07) is 8.20. The molecule has 0 amide bonds. The van der Waals surface area contributed by atoms with Crippen molar-refractivity contribution in [1.29, 1.82) is 0 Å². The molecule has 0 unspecified atom stereocenters. The maximum absolute atomic E-state index is 12.7. The van der Waals surface area contributed by atoms with Crippen LogP contribution >= 0.6 is 0 Å². The molecule has 2 aliphatic heterocycles. The summed E-state index contributed by atoms with van der Waals surface area (Å²) in [6.07, 6.45) is 12.5. The molecular formula is C37H44F2N12O2S. The van der Waals surface area contributed by atoms with Gasteiger partial charge in [-0.1, -0.05) is 13.8 Å². The van der Waals surface area contributed by atoms with Crippen LogP contribution in [0.3, 0.4) is 0 Å². The first-order chi connectivity index (χ1) is 25.9. The summed E-state index contributed by atoms with van der Waals surface area (Å²) < 4.78 is 53.2. The number of aryl methyl sites for hydroxylation is 4. The standard InChI is InChI=1S/C19H22F2N6O2S.C18H22N6/c1-4-12-5-14(13-9-27(10-13)30(28,29)19(20)21)22-8-17(12)26(3)18-6-16-15(7-23-18)24-11-25(16)2;1-4-12-5-14(13-7-19-8-13)20-10-17(12)24(3)18-6-16-15(9-21-18)22-11-23(16)2/h5-8,11,13,19H,4,9-10H2,1-3H3;5-6,9-11,13,19H,4,7-8H2,1-3H3. The summed E-state index contributed by atoms with van der Waals surface area (Å²) >= 11 is 0. The first-order valence-electron chi connectivity index (χ1n) is 17.9. The largest absolute Gasteiger partial charge is 0.350 e. The monoisotopic (exact) mass is 758 g/mol. The molecule has 284 valence electrons. The Morgan fingerprint density at radius 3 is 1.59 bits per heavy atom. The Labute approximate surface area is 313 Å². The minimum atomic E-state index is -4.52. The minimum Gasteiger partial charge on any atom is -0.334 e. The molecule has 0 radical (unpaired) electrons. The molecule has 0 aliphatic carbocycles. The number of rotatable bonds is 10. The van der Waals surface area contributed by atoms with Crippen molar-refractivity contribution in [3.8, 4) is 0 Å². The average Bonchev–Trinajstić information content (AvgIpc) is 3.70. The lowest BCUT2D eigenvalue weighted by molar-refractivity contribution is 0.192. The number of pyridine rings is 4. The van der Waals surface area contributed by atoms with E-state index in [9.17, 15) is 17.2 Å². The molecule has 2 saturated heterocycles. The molecule has 6 aromatic rings. The van der Waals surface area contributed by atoms with E-state index in [0.717, 1.165) is 80.9 Å². The van der Waals surface area contributed by atoms with Crippen molar-refractivity contribution >= 4 is 55.1 Å². The molecule has 8 rings (SSSR count). The maximum Gasteiger partial charge on any atom is 0.350 e. The fourth-order valence-corrected chi connectivity index (χ4v) is 7.73. The van der Waals surface area contributed by atoms with Crippen molar-refractivity contribution in [2.45, 2.75) is 44.3 Å². The van der Waals surface area contributed by atoms with Gasteiger partial charge in [0, 0.05) is 89.7 Å². The van der Waals surface area contributed by atoms with Gasteiger partial charge >= 0.3 is 5.76 Å². The van der Waals surface area contributed by atoms with E-state index in [-0.39, 0.29) is 19.0 Å². The zero-order valence-corrected chi connectivity index (χ0v) is 32.0. The Hall–Kier alpha value is -5.13. The van der Waals surface area contributed by atoms with Crippen LogP contribution in [0.1, 0.15) is 48.2 Å². The molecular weight excluding hydrogens is 715 g/mol. The summed E-state index contributed by atoms with van der Waals surface area (Å²) in [6.45, 7) is 6.32. The van der Waals surface area contributed by atoms with Crippen LogP contribution < -0.4 is 15.1 Å². The number of nitrogens with zero attached hydrogens (tertiary/aromatic N) is 11. The molecule has 0 aromatic carbocycles. The highest BCUT2D eigenvalue weighted by Crippen LogP contribution is 2.34. The van der Waals surface area contributed by atoms with E-state index >= 15 is 0 Å². The van der Waals surface area contributed by atoms with Crippen molar-refractivity contribution in [2.24, 2.45) is 14.1 Å². The third-order valence-corrected chi connectivity index (χ3v) is 11.9. The van der Waals surface area contributed by atoms with Crippen LogP contribution in [0.4, 0.5) is 31.8 Å². The maximum atomic E-state index is 12.7. The molecule has 6 aromatic heterocycles. The Morgan fingerprint density at radius 2 is 1.19 bits per heavy atom. The highest BCUT2D eigenvalue weighted by molar-refractivity contribution is 7.89. The predicted octanol–water partition coefficient (Wildman–Crippen LogP) is 5.03. The van der Waals surface area contributed by atoms with E-state index in [1.54, 1.807) is 18.7 Å². The van der Waals surface area contributed by atoms with E-state index in [0.29, 0.717) is 11.6 Å².